The fourth-order valence-electron chi connectivity index (χ4n) is 2.97. The minimum absolute atomic E-state index is 0.0859. The molecule has 6 nitrogen and oxygen atoms in total. The number of aliphatic hydroxyl groups excluding tert-OH is 1. The first-order valence-electron chi connectivity index (χ1n) is 7.08. The Labute approximate surface area is 112 Å². The van der Waals surface area contributed by atoms with Gasteiger partial charge in [-0.3, -0.25) is 4.79 Å². The largest absolute Gasteiger partial charge is 0.390 e. The zero-order chi connectivity index (χ0) is 13.2. The van der Waals surface area contributed by atoms with E-state index in [4.69, 9.17) is 5.11 Å². The highest BCUT2D eigenvalue weighted by molar-refractivity contribution is 5.79. The van der Waals surface area contributed by atoms with Crippen LogP contribution in [0.4, 0.5) is 0 Å². The lowest BCUT2D eigenvalue weighted by atomic mass is 9.87. The van der Waals surface area contributed by atoms with Gasteiger partial charge in [0.1, 0.15) is 5.69 Å². The molecule has 1 aromatic heterocycles. The summed E-state index contributed by atoms with van der Waals surface area (Å²) in [5, 5.41) is 16.8. The van der Waals surface area contributed by atoms with E-state index in [-0.39, 0.29) is 18.6 Å². The van der Waals surface area contributed by atoms with E-state index in [0.717, 1.165) is 25.9 Å². The van der Waals surface area contributed by atoms with Gasteiger partial charge in [0.25, 0.3) is 0 Å². The number of nitrogens with zero attached hydrogens (tertiary/aromatic N) is 4. The fraction of sp³-hybridized carbons (Fsp3) is 0.769. The molecule has 1 aromatic rings. The molecule has 0 spiro atoms. The van der Waals surface area contributed by atoms with Crippen LogP contribution in [0.25, 0.3) is 0 Å². The number of aromatic nitrogens is 3. The summed E-state index contributed by atoms with van der Waals surface area (Å²) in [5.74, 6) is 0.567. The monoisotopic (exact) mass is 264 g/mol. The molecule has 19 heavy (non-hydrogen) atoms. The summed E-state index contributed by atoms with van der Waals surface area (Å²) in [6.45, 7) is 1.37. The third-order valence-electron chi connectivity index (χ3n) is 4.22. The number of rotatable bonds is 3. The smallest absolute Gasteiger partial charge is 0.225 e. The highest BCUT2D eigenvalue weighted by atomic mass is 16.3. The molecule has 0 atom stereocenters. The Balaban J connectivity index is 1.52. The summed E-state index contributed by atoms with van der Waals surface area (Å²) in [6, 6.07) is 0.223. The van der Waals surface area contributed by atoms with E-state index < -0.39 is 0 Å². The van der Waals surface area contributed by atoms with Crippen molar-refractivity contribution in [3.05, 3.63) is 11.9 Å². The van der Waals surface area contributed by atoms with Crippen LogP contribution < -0.4 is 0 Å². The van der Waals surface area contributed by atoms with Crippen LogP contribution in [0.1, 0.15) is 43.8 Å². The normalized spacial score (nSPS) is 21.4. The summed E-state index contributed by atoms with van der Waals surface area (Å²) in [4.78, 5) is 14.2. The number of carbonyl (C=O) groups is 1. The second-order valence-electron chi connectivity index (χ2n) is 5.58. The van der Waals surface area contributed by atoms with Crippen LogP contribution in [0.3, 0.4) is 0 Å². The zero-order valence-electron chi connectivity index (χ0n) is 11.0. The predicted molar refractivity (Wildman–Crippen MR) is 68.1 cm³/mol. The Morgan fingerprint density at radius 2 is 2.05 bits per heavy atom. The molecule has 2 aliphatic rings. The van der Waals surface area contributed by atoms with Crippen LogP contribution in [0.15, 0.2) is 6.20 Å². The SMILES string of the molecule is O=C(C1CCCCC1)N1CC(n2cc(CO)nn2)C1. The average Bonchev–Trinajstić information content (AvgIpc) is 2.86. The number of amides is 1. The molecule has 1 aliphatic carbocycles. The molecule has 1 amide bonds. The van der Waals surface area contributed by atoms with Crippen molar-refractivity contribution in [1.82, 2.24) is 19.9 Å². The van der Waals surface area contributed by atoms with Crippen molar-refractivity contribution in [1.29, 1.82) is 0 Å². The quantitative estimate of drug-likeness (QED) is 0.874. The first kappa shape index (κ1) is 12.6. The van der Waals surface area contributed by atoms with Crippen molar-refractivity contribution in [2.24, 2.45) is 5.92 Å². The molecule has 2 heterocycles. The van der Waals surface area contributed by atoms with Gasteiger partial charge >= 0.3 is 0 Å². The second-order valence-corrected chi connectivity index (χ2v) is 5.58. The molecule has 0 unspecified atom stereocenters. The third-order valence-corrected chi connectivity index (χ3v) is 4.22. The maximum atomic E-state index is 12.3. The zero-order valence-corrected chi connectivity index (χ0v) is 11.0. The lowest BCUT2D eigenvalue weighted by Gasteiger charge is -2.41. The number of carbonyl (C=O) groups excluding carboxylic acids is 1. The molecular formula is C13H20N4O2. The van der Waals surface area contributed by atoms with Gasteiger partial charge in [0.15, 0.2) is 0 Å². The highest BCUT2D eigenvalue weighted by Crippen LogP contribution is 2.29. The molecule has 1 aliphatic heterocycles. The van der Waals surface area contributed by atoms with E-state index in [2.05, 4.69) is 10.3 Å². The predicted octanol–water partition coefficient (Wildman–Crippen LogP) is 0.734. The van der Waals surface area contributed by atoms with Gasteiger partial charge in [0, 0.05) is 19.0 Å². The van der Waals surface area contributed by atoms with Crippen LogP contribution in [-0.4, -0.2) is 44.0 Å². The molecule has 104 valence electrons. The fourth-order valence-corrected chi connectivity index (χ4v) is 2.97. The molecule has 2 fully saturated rings. The van der Waals surface area contributed by atoms with Gasteiger partial charge in [-0.15, -0.1) is 5.10 Å². The number of aliphatic hydroxyl groups is 1. The van der Waals surface area contributed by atoms with Gasteiger partial charge in [-0.25, -0.2) is 4.68 Å². The van der Waals surface area contributed by atoms with Crippen LogP contribution in [0, 0.1) is 5.92 Å². The lowest BCUT2D eigenvalue weighted by molar-refractivity contribution is -0.142. The Bertz CT molecular complexity index is 447. The minimum Gasteiger partial charge on any atom is -0.390 e. The molecule has 0 bridgehead atoms. The maximum Gasteiger partial charge on any atom is 0.225 e. The van der Waals surface area contributed by atoms with E-state index in [9.17, 15) is 4.79 Å². The molecule has 3 rings (SSSR count). The Kier molecular flexibility index (Phi) is 3.50. The first-order chi connectivity index (χ1) is 9.28. The van der Waals surface area contributed by atoms with Gasteiger partial charge in [-0.05, 0) is 12.8 Å². The first-order valence-corrected chi connectivity index (χ1v) is 7.08. The average molecular weight is 264 g/mol. The van der Waals surface area contributed by atoms with Crippen molar-refractivity contribution < 1.29 is 9.90 Å². The van der Waals surface area contributed by atoms with Crippen LogP contribution in [0.5, 0.6) is 0 Å². The summed E-state index contributed by atoms with van der Waals surface area (Å²) in [6.07, 6.45) is 7.52. The Morgan fingerprint density at radius 1 is 1.32 bits per heavy atom. The molecule has 1 saturated heterocycles. The summed E-state index contributed by atoms with van der Waals surface area (Å²) < 4.78 is 1.76. The van der Waals surface area contributed by atoms with E-state index in [1.165, 1.54) is 19.3 Å². The number of likely N-dealkylation sites (tertiary alicyclic amines) is 1. The number of hydrogen-bond acceptors (Lipinski definition) is 4. The second kappa shape index (κ2) is 5.28. The minimum atomic E-state index is -0.0859. The van der Waals surface area contributed by atoms with Gasteiger partial charge in [-0.1, -0.05) is 24.5 Å². The Hall–Kier alpha value is -1.43. The summed E-state index contributed by atoms with van der Waals surface area (Å²) in [7, 11) is 0. The van der Waals surface area contributed by atoms with Crippen LogP contribution in [0.2, 0.25) is 0 Å². The van der Waals surface area contributed by atoms with Crippen molar-refractivity contribution >= 4 is 5.91 Å². The number of hydrogen-bond donors (Lipinski definition) is 1. The highest BCUT2D eigenvalue weighted by Gasteiger charge is 2.36. The molecule has 1 saturated carbocycles. The van der Waals surface area contributed by atoms with Gasteiger partial charge in [0.2, 0.25) is 5.91 Å². The van der Waals surface area contributed by atoms with Gasteiger partial charge < -0.3 is 10.0 Å². The molecule has 1 N–H and O–H groups in total. The van der Waals surface area contributed by atoms with E-state index in [1.807, 2.05) is 4.90 Å². The molecular weight excluding hydrogens is 244 g/mol. The van der Waals surface area contributed by atoms with Crippen molar-refractivity contribution in [2.75, 3.05) is 13.1 Å². The van der Waals surface area contributed by atoms with Crippen LogP contribution >= 0.6 is 0 Å². The summed E-state index contributed by atoms with van der Waals surface area (Å²) >= 11 is 0. The standard InChI is InChI=1S/C13H20N4O2/c18-9-11-6-17(15-14-11)12-7-16(8-12)13(19)10-4-2-1-3-5-10/h6,10,12,18H,1-5,7-9H2. The third kappa shape index (κ3) is 2.49. The van der Waals surface area contributed by atoms with Crippen LogP contribution in [-0.2, 0) is 11.4 Å². The maximum absolute atomic E-state index is 12.3. The topological polar surface area (TPSA) is 71.2 Å². The van der Waals surface area contributed by atoms with Crippen molar-refractivity contribution in [3.63, 3.8) is 0 Å². The van der Waals surface area contributed by atoms with E-state index in [1.54, 1.807) is 10.9 Å². The van der Waals surface area contributed by atoms with Crippen molar-refractivity contribution in [2.45, 2.75) is 44.8 Å². The molecule has 0 aromatic carbocycles. The van der Waals surface area contributed by atoms with Crippen molar-refractivity contribution in [3.8, 4) is 0 Å². The molecule has 0 radical (unpaired) electrons. The van der Waals surface area contributed by atoms with E-state index in [0.29, 0.717) is 11.6 Å². The van der Waals surface area contributed by atoms with Gasteiger partial charge in [0.05, 0.1) is 18.8 Å². The van der Waals surface area contributed by atoms with Gasteiger partial charge in [-0.2, -0.15) is 0 Å². The molecule has 6 heteroatoms. The summed E-state index contributed by atoms with van der Waals surface area (Å²) in [5.41, 5.74) is 0.581. The Morgan fingerprint density at radius 3 is 2.68 bits per heavy atom. The lowest BCUT2D eigenvalue weighted by Crippen LogP contribution is -2.53. The van der Waals surface area contributed by atoms with E-state index >= 15 is 0 Å².